The first-order valence-corrected chi connectivity index (χ1v) is 11.5. The van der Waals surface area contributed by atoms with Gasteiger partial charge >= 0.3 is 0 Å². The van der Waals surface area contributed by atoms with Crippen molar-refractivity contribution in [2.75, 3.05) is 0 Å². The lowest BCUT2D eigenvalue weighted by Gasteiger charge is -2.01. The molecule has 0 aliphatic heterocycles. The molecule has 33 heavy (non-hydrogen) atoms. The van der Waals surface area contributed by atoms with Crippen molar-refractivity contribution in [3.05, 3.63) is 112 Å². The Labute approximate surface area is 201 Å². The zero-order valence-electron chi connectivity index (χ0n) is 17.2. The SMILES string of the molecule is Cc1ccc(Cc2nn3c(=O)c(=Cc4ccc(-c5cc(Cl)ccc5Cl)o4)sc3nc2=O)cc1. The van der Waals surface area contributed by atoms with Gasteiger partial charge in [0.1, 0.15) is 21.7 Å². The zero-order valence-corrected chi connectivity index (χ0v) is 19.5. The molecule has 0 atom stereocenters. The highest BCUT2D eigenvalue weighted by Gasteiger charge is 2.13. The van der Waals surface area contributed by atoms with Gasteiger partial charge in [0.2, 0.25) is 4.96 Å². The number of nitrogens with zero attached hydrogens (tertiary/aromatic N) is 3. The molecule has 0 aliphatic carbocycles. The lowest BCUT2D eigenvalue weighted by molar-refractivity contribution is 0.571. The Morgan fingerprint density at radius 2 is 1.85 bits per heavy atom. The predicted octanol–water partition coefficient (Wildman–Crippen LogP) is 4.52. The number of furan rings is 1. The number of rotatable bonds is 4. The van der Waals surface area contributed by atoms with Crippen LogP contribution in [0.2, 0.25) is 10.0 Å². The molecule has 2 aromatic carbocycles. The van der Waals surface area contributed by atoms with E-state index in [9.17, 15) is 9.59 Å². The van der Waals surface area contributed by atoms with Crippen molar-refractivity contribution in [3.63, 3.8) is 0 Å². The summed E-state index contributed by atoms with van der Waals surface area (Å²) in [7, 11) is 0. The Kier molecular flexibility index (Phi) is 5.62. The van der Waals surface area contributed by atoms with E-state index in [1.54, 1.807) is 36.4 Å². The summed E-state index contributed by atoms with van der Waals surface area (Å²) in [5.41, 5.74) is 2.09. The van der Waals surface area contributed by atoms with Gasteiger partial charge in [-0.25, -0.2) is 0 Å². The average Bonchev–Trinajstić information content (AvgIpc) is 3.37. The van der Waals surface area contributed by atoms with Gasteiger partial charge < -0.3 is 4.42 Å². The van der Waals surface area contributed by atoms with Crippen molar-refractivity contribution in [2.24, 2.45) is 0 Å². The molecule has 0 saturated carbocycles. The van der Waals surface area contributed by atoms with Gasteiger partial charge in [-0.3, -0.25) is 9.59 Å². The molecule has 6 nitrogen and oxygen atoms in total. The van der Waals surface area contributed by atoms with Crippen molar-refractivity contribution in [1.82, 2.24) is 14.6 Å². The number of aromatic nitrogens is 3. The number of benzene rings is 2. The lowest BCUT2D eigenvalue weighted by Crippen LogP contribution is -2.28. The first kappa shape index (κ1) is 21.6. The molecule has 0 amide bonds. The molecule has 5 rings (SSSR count). The summed E-state index contributed by atoms with van der Waals surface area (Å²) in [6.07, 6.45) is 1.89. The number of thiazole rings is 1. The van der Waals surface area contributed by atoms with Crippen molar-refractivity contribution in [1.29, 1.82) is 0 Å². The fourth-order valence-corrected chi connectivity index (χ4v) is 4.61. The molecular weight excluding hydrogens is 481 g/mol. The van der Waals surface area contributed by atoms with Crippen LogP contribution in [0, 0.1) is 6.92 Å². The number of fused-ring (bicyclic) bond motifs is 1. The van der Waals surface area contributed by atoms with Gasteiger partial charge in [-0.1, -0.05) is 64.4 Å². The fourth-order valence-electron chi connectivity index (χ4n) is 3.34. The largest absolute Gasteiger partial charge is 0.457 e. The summed E-state index contributed by atoms with van der Waals surface area (Å²) in [5.74, 6) is 0.973. The number of aryl methyl sites for hydroxylation is 1. The molecule has 3 aromatic heterocycles. The molecule has 0 spiro atoms. The smallest absolute Gasteiger partial charge is 0.296 e. The Bertz CT molecular complexity index is 1670. The van der Waals surface area contributed by atoms with Crippen LogP contribution in [0.1, 0.15) is 22.6 Å². The van der Waals surface area contributed by atoms with Crippen molar-refractivity contribution < 1.29 is 4.42 Å². The molecule has 164 valence electrons. The van der Waals surface area contributed by atoms with Crippen molar-refractivity contribution in [3.8, 4) is 11.3 Å². The third-order valence-electron chi connectivity index (χ3n) is 5.04. The van der Waals surface area contributed by atoms with E-state index in [-0.39, 0.29) is 16.2 Å². The number of hydrogen-bond acceptors (Lipinski definition) is 6. The highest BCUT2D eigenvalue weighted by Crippen LogP contribution is 2.31. The molecule has 3 heterocycles. The van der Waals surface area contributed by atoms with E-state index in [2.05, 4.69) is 10.1 Å². The molecular formula is C24H15Cl2N3O3S. The maximum absolute atomic E-state index is 12.9. The molecule has 0 saturated heterocycles. The molecule has 0 radical (unpaired) electrons. The maximum atomic E-state index is 12.9. The van der Waals surface area contributed by atoms with Gasteiger partial charge in [0.25, 0.3) is 11.1 Å². The van der Waals surface area contributed by atoms with Crippen LogP contribution in [0.5, 0.6) is 0 Å². The molecule has 0 aliphatic rings. The van der Waals surface area contributed by atoms with E-state index in [0.717, 1.165) is 22.5 Å². The van der Waals surface area contributed by atoms with Crippen molar-refractivity contribution in [2.45, 2.75) is 13.3 Å². The third kappa shape index (κ3) is 4.35. The van der Waals surface area contributed by atoms with Gasteiger partial charge in [-0.15, -0.1) is 0 Å². The quantitative estimate of drug-likeness (QED) is 0.366. The van der Waals surface area contributed by atoms with E-state index in [4.69, 9.17) is 27.6 Å². The second kappa shape index (κ2) is 8.59. The van der Waals surface area contributed by atoms with Crippen LogP contribution < -0.4 is 15.7 Å². The molecule has 5 aromatic rings. The fraction of sp³-hybridized carbons (Fsp3) is 0.0833. The zero-order chi connectivity index (χ0) is 23.1. The Balaban J connectivity index is 1.53. The van der Waals surface area contributed by atoms with Gasteiger partial charge in [0.15, 0.2) is 0 Å². The standard InChI is InChI=1S/C24H15Cl2N3O3S/c1-13-2-4-14(5-3-13)10-19-22(30)27-24-29(28-19)23(31)21(33-24)12-16-7-9-20(32-16)17-11-15(25)6-8-18(17)26/h2-9,11-12H,10H2,1H3. The summed E-state index contributed by atoms with van der Waals surface area (Å²) in [4.78, 5) is 29.7. The monoisotopic (exact) mass is 495 g/mol. The van der Waals surface area contributed by atoms with E-state index < -0.39 is 5.56 Å². The third-order valence-corrected chi connectivity index (χ3v) is 6.56. The van der Waals surface area contributed by atoms with Crippen molar-refractivity contribution >= 4 is 45.6 Å². The Hall–Kier alpha value is -3.26. The van der Waals surface area contributed by atoms with Crippen LogP contribution in [-0.4, -0.2) is 14.6 Å². The van der Waals surface area contributed by atoms with E-state index in [1.165, 1.54) is 4.52 Å². The average molecular weight is 496 g/mol. The highest BCUT2D eigenvalue weighted by molar-refractivity contribution is 7.15. The molecule has 0 bridgehead atoms. The van der Waals surface area contributed by atoms with Gasteiger partial charge in [0, 0.05) is 23.1 Å². The van der Waals surface area contributed by atoms with Gasteiger partial charge in [-0.2, -0.15) is 14.6 Å². The minimum atomic E-state index is -0.445. The van der Waals surface area contributed by atoms with Crippen LogP contribution in [0.4, 0.5) is 0 Å². The summed E-state index contributed by atoms with van der Waals surface area (Å²) >= 11 is 13.4. The summed E-state index contributed by atoms with van der Waals surface area (Å²) in [6, 6.07) is 16.3. The minimum absolute atomic E-state index is 0.216. The molecule has 0 fully saturated rings. The topological polar surface area (TPSA) is 77.5 Å². The summed E-state index contributed by atoms with van der Waals surface area (Å²) in [6.45, 7) is 1.99. The molecule has 0 unspecified atom stereocenters. The molecule has 0 N–H and O–H groups in total. The Morgan fingerprint density at radius 3 is 2.64 bits per heavy atom. The normalized spacial score (nSPS) is 12.0. The van der Waals surface area contributed by atoms with Crippen LogP contribution >= 0.6 is 34.5 Å². The van der Waals surface area contributed by atoms with E-state index in [1.807, 2.05) is 31.2 Å². The van der Waals surface area contributed by atoms with Gasteiger partial charge in [-0.05, 0) is 42.8 Å². The van der Waals surface area contributed by atoms with Crippen LogP contribution in [-0.2, 0) is 6.42 Å². The van der Waals surface area contributed by atoms with E-state index in [0.29, 0.717) is 38.1 Å². The van der Waals surface area contributed by atoms with Crippen LogP contribution in [0.15, 0.2) is 68.6 Å². The Morgan fingerprint density at radius 1 is 1.06 bits per heavy atom. The number of hydrogen-bond donors (Lipinski definition) is 0. The molecule has 9 heteroatoms. The summed E-state index contributed by atoms with van der Waals surface area (Å²) < 4.78 is 7.37. The maximum Gasteiger partial charge on any atom is 0.296 e. The van der Waals surface area contributed by atoms with Crippen LogP contribution in [0.3, 0.4) is 0 Å². The number of halogens is 2. The van der Waals surface area contributed by atoms with Crippen LogP contribution in [0.25, 0.3) is 22.4 Å². The van der Waals surface area contributed by atoms with Gasteiger partial charge in [0.05, 0.1) is 5.02 Å². The van der Waals surface area contributed by atoms with E-state index >= 15 is 0 Å². The second-order valence-electron chi connectivity index (χ2n) is 7.46. The predicted molar refractivity (Wildman–Crippen MR) is 130 cm³/mol. The highest BCUT2D eigenvalue weighted by atomic mass is 35.5. The first-order chi connectivity index (χ1) is 15.9. The first-order valence-electron chi connectivity index (χ1n) is 9.93. The minimum Gasteiger partial charge on any atom is -0.457 e. The lowest BCUT2D eigenvalue weighted by atomic mass is 10.1. The summed E-state index contributed by atoms with van der Waals surface area (Å²) in [5, 5.41) is 5.32. The second-order valence-corrected chi connectivity index (χ2v) is 9.32.